The van der Waals surface area contributed by atoms with Gasteiger partial charge in [0.15, 0.2) is 0 Å². The van der Waals surface area contributed by atoms with Gasteiger partial charge in [0, 0.05) is 19.9 Å². The van der Waals surface area contributed by atoms with Crippen LogP contribution in [0.5, 0.6) is 0 Å². The molecule has 2 aromatic carbocycles. The number of hydrogen-bond acceptors (Lipinski definition) is 0. The molecule has 0 atom stereocenters. The van der Waals surface area contributed by atoms with Gasteiger partial charge in [0.05, 0.1) is 0 Å². The standard InChI is InChI=1S/C15H11BrCl2/c1-15(2)12-4-3-8(16)5-10(12)11-6-9(17)7-13(18)14(11)15/h3-7H,1-2H3. The minimum atomic E-state index is -0.0764. The van der Waals surface area contributed by atoms with Crippen LogP contribution in [0.1, 0.15) is 25.0 Å². The predicted molar refractivity (Wildman–Crippen MR) is 81.7 cm³/mol. The molecule has 3 rings (SSSR count). The fourth-order valence-electron chi connectivity index (χ4n) is 2.84. The van der Waals surface area contributed by atoms with Crippen LogP contribution in [-0.2, 0) is 5.41 Å². The minimum Gasteiger partial charge on any atom is -0.0843 e. The molecule has 0 spiro atoms. The van der Waals surface area contributed by atoms with Crippen molar-refractivity contribution in [3.63, 3.8) is 0 Å². The van der Waals surface area contributed by atoms with Gasteiger partial charge in [0.1, 0.15) is 0 Å². The number of benzene rings is 2. The molecule has 0 saturated heterocycles. The molecule has 0 aromatic heterocycles. The third-order valence-corrected chi connectivity index (χ3v) is 4.63. The van der Waals surface area contributed by atoms with Gasteiger partial charge in [-0.25, -0.2) is 0 Å². The van der Waals surface area contributed by atoms with Crippen LogP contribution in [0.15, 0.2) is 34.8 Å². The molecule has 0 unspecified atom stereocenters. The second-order valence-corrected chi connectivity index (χ2v) is 6.88. The Balaban J connectivity index is 2.43. The van der Waals surface area contributed by atoms with E-state index in [0.717, 1.165) is 15.1 Å². The van der Waals surface area contributed by atoms with Crippen molar-refractivity contribution in [2.24, 2.45) is 0 Å². The van der Waals surface area contributed by atoms with Gasteiger partial charge < -0.3 is 0 Å². The van der Waals surface area contributed by atoms with Gasteiger partial charge in [-0.05, 0) is 46.5 Å². The monoisotopic (exact) mass is 340 g/mol. The van der Waals surface area contributed by atoms with Crippen LogP contribution in [-0.4, -0.2) is 0 Å². The molecule has 0 radical (unpaired) electrons. The summed E-state index contributed by atoms with van der Waals surface area (Å²) in [5.74, 6) is 0. The van der Waals surface area contributed by atoms with E-state index in [0.29, 0.717) is 5.02 Å². The number of hydrogen-bond donors (Lipinski definition) is 0. The third kappa shape index (κ3) is 1.65. The average molecular weight is 342 g/mol. The maximum Gasteiger partial charge on any atom is 0.0467 e. The Morgan fingerprint density at radius 1 is 1.00 bits per heavy atom. The van der Waals surface area contributed by atoms with E-state index in [-0.39, 0.29) is 5.41 Å². The van der Waals surface area contributed by atoms with Crippen LogP contribution in [0.2, 0.25) is 10.0 Å². The molecule has 1 aliphatic rings. The van der Waals surface area contributed by atoms with Crippen LogP contribution in [0, 0.1) is 0 Å². The van der Waals surface area contributed by atoms with Gasteiger partial charge in [0.25, 0.3) is 0 Å². The second-order valence-electron chi connectivity index (χ2n) is 5.13. The second kappa shape index (κ2) is 4.00. The molecule has 0 heterocycles. The largest absolute Gasteiger partial charge is 0.0843 e. The zero-order valence-corrected chi connectivity index (χ0v) is 13.1. The summed E-state index contributed by atoms with van der Waals surface area (Å²) in [6.45, 7) is 4.40. The lowest BCUT2D eigenvalue weighted by Crippen LogP contribution is -2.15. The first-order valence-corrected chi connectivity index (χ1v) is 7.26. The van der Waals surface area contributed by atoms with Crippen molar-refractivity contribution in [2.75, 3.05) is 0 Å². The van der Waals surface area contributed by atoms with Gasteiger partial charge in [-0.15, -0.1) is 0 Å². The maximum absolute atomic E-state index is 6.39. The fourth-order valence-corrected chi connectivity index (χ4v) is 3.93. The minimum absolute atomic E-state index is 0.0764. The molecule has 0 aliphatic heterocycles. The Bertz CT molecular complexity index is 660. The highest BCUT2D eigenvalue weighted by molar-refractivity contribution is 9.10. The van der Waals surface area contributed by atoms with E-state index in [1.165, 1.54) is 16.7 Å². The van der Waals surface area contributed by atoms with Crippen molar-refractivity contribution >= 4 is 39.1 Å². The van der Waals surface area contributed by atoms with Crippen molar-refractivity contribution in [3.8, 4) is 11.1 Å². The molecule has 1 aliphatic carbocycles. The summed E-state index contributed by atoms with van der Waals surface area (Å²) >= 11 is 16.1. The van der Waals surface area contributed by atoms with Gasteiger partial charge in [0.2, 0.25) is 0 Å². The van der Waals surface area contributed by atoms with E-state index in [2.05, 4.69) is 48.0 Å². The summed E-state index contributed by atoms with van der Waals surface area (Å²) in [5.41, 5.74) is 4.75. The Kier molecular flexibility index (Phi) is 2.78. The van der Waals surface area contributed by atoms with Crippen molar-refractivity contribution in [2.45, 2.75) is 19.3 Å². The van der Waals surface area contributed by atoms with Crippen molar-refractivity contribution in [3.05, 3.63) is 56.0 Å². The Hall–Kier alpha value is -0.500. The first-order valence-electron chi connectivity index (χ1n) is 5.71. The first-order chi connectivity index (χ1) is 8.41. The molecule has 0 amide bonds. The normalized spacial score (nSPS) is 15.4. The Morgan fingerprint density at radius 2 is 1.72 bits per heavy atom. The van der Waals surface area contributed by atoms with E-state index in [1.807, 2.05) is 12.1 Å². The molecule has 3 heteroatoms. The number of rotatable bonds is 0. The van der Waals surface area contributed by atoms with E-state index in [9.17, 15) is 0 Å². The molecule has 18 heavy (non-hydrogen) atoms. The van der Waals surface area contributed by atoms with Crippen LogP contribution in [0.3, 0.4) is 0 Å². The van der Waals surface area contributed by atoms with E-state index in [4.69, 9.17) is 23.2 Å². The summed E-state index contributed by atoms with van der Waals surface area (Å²) < 4.78 is 1.07. The molecule has 0 N–H and O–H groups in total. The summed E-state index contributed by atoms with van der Waals surface area (Å²) in [7, 11) is 0. The first kappa shape index (κ1) is 12.5. The Morgan fingerprint density at radius 3 is 2.44 bits per heavy atom. The lowest BCUT2D eigenvalue weighted by atomic mass is 9.82. The van der Waals surface area contributed by atoms with Gasteiger partial charge in [-0.1, -0.05) is 59.0 Å². The summed E-state index contributed by atoms with van der Waals surface area (Å²) in [6, 6.07) is 10.2. The van der Waals surface area contributed by atoms with Crippen molar-refractivity contribution < 1.29 is 0 Å². The zero-order chi connectivity index (χ0) is 13.1. The molecular weight excluding hydrogens is 331 g/mol. The maximum atomic E-state index is 6.39. The van der Waals surface area contributed by atoms with Gasteiger partial charge >= 0.3 is 0 Å². The number of fused-ring (bicyclic) bond motifs is 3. The fraction of sp³-hybridized carbons (Fsp3) is 0.200. The van der Waals surface area contributed by atoms with Gasteiger partial charge in [-0.3, -0.25) is 0 Å². The SMILES string of the molecule is CC1(C)c2ccc(Br)cc2-c2cc(Cl)cc(Cl)c21. The molecule has 0 saturated carbocycles. The Labute approximate surface area is 125 Å². The van der Waals surface area contributed by atoms with Crippen LogP contribution < -0.4 is 0 Å². The summed E-state index contributed by atoms with van der Waals surface area (Å²) in [6.07, 6.45) is 0. The lowest BCUT2D eigenvalue weighted by molar-refractivity contribution is 0.660. The molecule has 92 valence electrons. The van der Waals surface area contributed by atoms with Crippen LogP contribution >= 0.6 is 39.1 Å². The predicted octanol–water partition coefficient (Wildman–Crippen LogP) is 6.06. The zero-order valence-electron chi connectivity index (χ0n) is 10.0. The molecule has 2 aromatic rings. The molecular formula is C15H11BrCl2. The quantitative estimate of drug-likeness (QED) is 0.546. The van der Waals surface area contributed by atoms with Crippen LogP contribution in [0.4, 0.5) is 0 Å². The van der Waals surface area contributed by atoms with E-state index in [1.54, 1.807) is 0 Å². The van der Waals surface area contributed by atoms with Crippen molar-refractivity contribution in [1.82, 2.24) is 0 Å². The summed E-state index contributed by atoms with van der Waals surface area (Å²) in [4.78, 5) is 0. The highest BCUT2D eigenvalue weighted by atomic mass is 79.9. The highest BCUT2D eigenvalue weighted by Crippen LogP contribution is 2.52. The average Bonchev–Trinajstić information content (AvgIpc) is 2.47. The van der Waals surface area contributed by atoms with Gasteiger partial charge in [-0.2, -0.15) is 0 Å². The highest BCUT2D eigenvalue weighted by Gasteiger charge is 2.37. The molecule has 0 nitrogen and oxygen atoms in total. The molecule has 0 bridgehead atoms. The van der Waals surface area contributed by atoms with E-state index >= 15 is 0 Å². The van der Waals surface area contributed by atoms with Crippen molar-refractivity contribution in [1.29, 1.82) is 0 Å². The summed E-state index contributed by atoms with van der Waals surface area (Å²) in [5, 5.41) is 1.43. The van der Waals surface area contributed by atoms with Crippen LogP contribution in [0.25, 0.3) is 11.1 Å². The smallest absolute Gasteiger partial charge is 0.0467 e. The molecule has 0 fully saturated rings. The third-order valence-electron chi connectivity index (χ3n) is 3.63. The topological polar surface area (TPSA) is 0 Å². The number of halogens is 3. The van der Waals surface area contributed by atoms with E-state index < -0.39 is 0 Å². The lowest BCUT2D eigenvalue weighted by Gasteiger charge is -2.22.